The third kappa shape index (κ3) is 6.35. The van der Waals surface area contributed by atoms with Gasteiger partial charge in [-0.1, -0.05) is 55.8 Å². The van der Waals surface area contributed by atoms with Crippen LogP contribution in [0.25, 0.3) is 11.1 Å². The molecule has 1 saturated heterocycles. The lowest BCUT2D eigenvalue weighted by Crippen LogP contribution is -3.00. The van der Waals surface area contributed by atoms with Crippen molar-refractivity contribution in [3.8, 4) is 11.1 Å². The predicted octanol–water partition coefficient (Wildman–Crippen LogP) is 0.899. The molecule has 5 nitrogen and oxygen atoms in total. The van der Waals surface area contributed by atoms with Gasteiger partial charge in [-0.15, -0.1) is 0 Å². The Morgan fingerprint density at radius 1 is 1.10 bits per heavy atom. The maximum atomic E-state index is 6.37. The van der Waals surface area contributed by atoms with Gasteiger partial charge in [-0.2, -0.15) is 0 Å². The van der Waals surface area contributed by atoms with E-state index in [2.05, 4.69) is 81.4 Å². The number of morpholine rings is 1. The molecular formula is C22H34BrN3O2Si. The number of hydrogen-bond donors (Lipinski definition) is 0. The molecule has 160 valence electrons. The highest BCUT2D eigenvalue weighted by atomic mass is 79.9. The molecule has 29 heavy (non-hydrogen) atoms. The first-order valence-electron chi connectivity index (χ1n) is 10.2. The van der Waals surface area contributed by atoms with E-state index in [0.717, 1.165) is 38.7 Å². The monoisotopic (exact) mass is 479 g/mol. The van der Waals surface area contributed by atoms with Crippen molar-refractivity contribution in [2.45, 2.75) is 45.4 Å². The zero-order chi connectivity index (χ0) is 20.2. The van der Waals surface area contributed by atoms with Crippen LogP contribution in [0.4, 0.5) is 5.82 Å². The standard InChI is InChI=1S/C22H34N3O2Si.BrH/c1-22(2,3)28(4,5)27-16-13-25-18-20(19-9-7-6-8-10-19)17-21(23-25)24-11-14-26-15-12-24;/h6-10,17-18H,11-16H2,1-5H3;1H/q+1;/p-1. The Morgan fingerprint density at radius 3 is 2.38 bits per heavy atom. The summed E-state index contributed by atoms with van der Waals surface area (Å²) in [4.78, 5) is 2.31. The second kappa shape index (κ2) is 10.2. The van der Waals surface area contributed by atoms with Crippen molar-refractivity contribution in [2.24, 2.45) is 0 Å². The molecule has 0 N–H and O–H groups in total. The number of benzene rings is 1. The first-order valence-corrected chi connectivity index (χ1v) is 13.1. The maximum Gasteiger partial charge on any atom is 0.204 e. The molecule has 0 bridgehead atoms. The number of aromatic nitrogens is 2. The van der Waals surface area contributed by atoms with Crippen molar-refractivity contribution in [1.29, 1.82) is 0 Å². The smallest absolute Gasteiger partial charge is 0.204 e. The van der Waals surface area contributed by atoms with Crippen LogP contribution in [-0.4, -0.2) is 46.3 Å². The van der Waals surface area contributed by atoms with Crippen molar-refractivity contribution in [3.63, 3.8) is 0 Å². The van der Waals surface area contributed by atoms with Gasteiger partial charge >= 0.3 is 0 Å². The average molecular weight is 481 g/mol. The molecule has 1 aliphatic heterocycles. The lowest BCUT2D eigenvalue weighted by molar-refractivity contribution is -0.752. The summed E-state index contributed by atoms with van der Waals surface area (Å²) in [5.74, 6) is 1.01. The summed E-state index contributed by atoms with van der Waals surface area (Å²) >= 11 is 0. The van der Waals surface area contributed by atoms with Crippen molar-refractivity contribution < 1.29 is 30.8 Å². The molecule has 1 aromatic carbocycles. The van der Waals surface area contributed by atoms with Crippen LogP contribution in [0.1, 0.15) is 20.8 Å². The van der Waals surface area contributed by atoms with E-state index in [0.29, 0.717) is 6.61 Å². The Hall–Kier alpha value is -1.28. The minimum absolute atomic E-state index is 0. The third-order valence-electron chi connectivity index (χ3n) is 5.84. The number of rotatable bonds is 6. The summed E-state index contributed by atoms with van der Waals surface area (Å²) in [5, 5.41) is 5.11. The van der Waals surface area contributed by atoms with Crippen molar-refractivity contribution in [3.05, 3.63) is 42.6 Å². The topological polar surface area (TPSA) is 38.5 Å². The van der Waals surface area contributed by atoms with Crippen molar-refractivity contribution in [1.82, 2.24) is 5.10 Å². The number of nitrogens with zero attached hydrogens (tertiary/aromatic N) is 3. The minimum Gasteiger partial charge on any atom is -1.00 e. The summed E-state index contributed by atoms with van der Waals surface area (Å²) in [5.41, 5.74) is 2.39. The molecule has 1 aromatic heterocycles. The first kappa shape index (κ1) is 24.0. The van der Waals surface area contributed by atoms with E-state index in [1.54, 1.807) is 0 Å². The Labute approximate surface area is 186 Å². The fourth-order valence-electron chi connectivity index (χ4n) is 2.99. The average Bonchev–Trinajstić information content (AvgIpc) is 2.68. The van der Waals surface area contributed by atoms with E-state index in [1.807, 2.05) is 4.68 Å². The number of anilines is 1. The fraction of sp³-hybridized carbons (Fsp3) is 0.545. The molecule has 0 unspecified atom stereocenters. The summed E-state index contributed by atoms with van der Waals surface area (Å²) in [7, 11) is -1.75. The van der Waals surface area contributed by atoms with Gasteiger partial charge in [-0.3, -0.25) is 0 Å². The van der Waals surface area contributed by atoms with Gasteiger partial charge in [0.15, 0.2) is 20.7 Å². The molecule has 2 aromatic rings. The maximum absolute atomic E-state index is 6.37. The second-order valence-corrected chi connectivity index (χ2v) is 13.7. The lowest BCUT2D eigenvalue weighted by atomic mass is 10.1. The van der Waals surface area contributed by atoms with Crippen LogP contribution in [0.2, 0.25) is 18.1 Å². The third-order valence-corrected chi connectivity index (χ3v) is 10.4. The zero-order valence-electron chi connectivity index (χ0n) is 18.3. The highest BCUT2D eigenvalue weighted by Crippen LogP contribution is 2.36. The molecule has 0 aliphatic carbocycles. The van der Waals surface area contributed by atoms with Crippen molar-refractivity contribution in [2.75, 3.05) is 37.8 Å². The Kier molecular flexibility index (Phi) is 8.40. The molecule has 0 amide bonds. The molecule has 1 fully saturated rings. The van der Waals surface area contributed by atoms with Gasteiger partial charge in [0.05, 0.1) is 25.4 Å². The van der Waals surface area contributed by atoms with Gasteiger partial charge in [-0.25, -0.2) is 0 Å². The second-order valence-electron chi connectivity index (χ2n) is 8.92. The van der Waals surface area contributed by atoms with Gasteiger partial charge in [0, 0.05) is 24.3 Å². The lowest BCUT2D eigenvalue weighted by Gasteiger charge is -2.35. The molecule has 3 rings (SSSR count). The summed E-state index contributed by atoms with van der Waals surface area (Å²) < 4.78 is 13.9. The summed E-state index contributed by atoms with van der Waals surface area (Å²) in [6.07, 6.45) is 2.13. The van der Waals surface area contributed by atoms with Crippen LogP contribution in [0.5, 0.6) is 0 Å². The van der Waals surface area contributed by atoms with E-state index < -0.39 is 8.32 Å². The quantitative estimate of drug-likeness (QED) is 0.455. The fourth-order valence-corrected chi connectivity index (χ4v) is 4.02. The van der Waals surface area contributed by atoms with Crippen molar-refractivity contribution >= 4 is 14.1 Å². The predicted molar refractivity (Wildman–Crippen MR) is 116 cm³/mol. The van der Waals surface area contributed by atoms with Crippen LogP contribution < -0.4 is 26.6 Å². The van der Waals surface area contributed by atoms with Gasteiger partial charge < -0.3 is 31.0 Å². The SMILES string of the molecule is CC(C)(C)[Si](C)(C)OCC[n+]1cc(-c2ccccc2)cc(N2CCOCC2)n1.[Br-]. The van der Waals surface area contributed by atoms with Crippen LogP contribution in [0, 0.1) is 0 Å². The highest BCUT2D eigenvalue weighted by molar-refractivity contribution is 6.74. The molecule has 0 radical (unpaired) electrons. The normalized spacial score (nSPS) is 15.1. The molecule has 0 saturated carbocycles. The van der Waals surface area contributed by atoms with E-state index in [1.165, 1.54) is 11.1 Å². The number of hydrogen-bond acceptors (Lipinski definition) is 4. The van der Waals surface area contributed by atoms with Crippen LogP contribution in [0.3, 0.4) is 0 Å². The molecule has 0 atom stereocenters. The molecule has 1 aliphatic rings. The van der Waals surface area contributed by atoms with E-state index in [-0.39, 0.29) is 22.0 Å². The molecular weight excluding hydrogens is 446 g/mol. The number of ether oxygens (including phenoxy) is 1. The Balaban J connectivity index is 0.00000300. The Morgan fingerprint density at radius 2 is 1.76 bits per heavy atom. The van der Waals surface area contributed by atoms with Crippen LogP contribution in [0.15, 0.2) is 42.6 Å². The van der Waals surface area contributed by atoms with Crippen LogP contribution in [-0.2, 0) is 15.7 Å². The first-order chi connectivity index (χ1) is 13.3. The van der Waals surface area contributed by atoms with Gasteiger partial charge in [-0.05, 0) is 23.7 Å². The Bertz CT molecular complexity index is 775. The number of halogens is 1. The molecule has 0 spiro atoms. The molecule has 7 heteroatoms. The van der Waals surface area contributed by atoms with Gasteiger partial charge in [0.1, 0.15) is 0 Å². The highest BCUT2D eigenvalue weighted by Gasteiger charge is 2.37. The largest absolute Gasteiger partial charge is 1.00 e. The van der Waals surface area contributed by atoms with E-state index >= 15 is 0 Å². The van der Waals surface area contributed by atoms with E-state index in [4.69, 9.17) is 14.3 Å². The minimum atomic E-state index is -1.75. The van der Waals surface area contributed by atoms with Gasteiger partial charge in [0.2, 0.25) is 6.20 Å². The zero-order valence-corrected chi connectivity index (χ0v) is 20.9. The van der Waals surface area contributed by atoms with Crippen LogP contribution >= 0.6 is 0 Å². The summed E-state index contributed by atoms with van der Waals surface area (Å²) in [6.45, 7) is 16.1. The van der Waals surface area contributed by atoms with E-state index in [9.17, 15) is 0 Å². The molecule has 2 heterocycles. The van der Waals surface area contributed by atoms with Gasteiger partial charge in [0.25, 0.3) is 0 Å². The summed E-state index contributed by atoms with van der Waals surface area (Å²) in [6, 6.07) is 12.7.